The van der Waals surface area contributed by atoms with Gasteiger partial charge in [0.25, 0.3) is 0 Å². The number of benzene rings is 2. The third-order valence-corrected chi connectivity index (χ3v) is 8.62. The van der Waals surface area contributed by atoms with Crippen molar-refractivity contribution in [1.29, 1.82) is 0 Å². The zero-order chi connectivity index (χ0) is 31.6. The molecule has 0 spiro atoms. The molecule has 0 saturated carbocycles. The molecule has 1 saturated heterocycles. The number of likely N-dealkylation sites (tertiary alicyclic amines) is 1. The second-order valence-electron chi connectivity index (χ2n) is 12.6. The van der Waals surface area contributed by atoms with E-state index in [9.17, 15) is 14.4 Å². The van der Waals surface area contributed by atoms with Gasteiger partial charge in [0.2, 0.25) is 17.7 Å². The Morgan fingerprint density at radius 2 is 1.82 bits per heavy atom. The summed E-state index contributed by atoms with van der Waals surface area (Å²) in [6.45, 7) is 8.71. The molecule has 5 rings (SSSR count). The number of rotatable bonds is 8. The van der Waals surface area contributed by atoms with E-state index in [4.69, 9.17) is 4.74 Å². The number of aryl methyl sites for hydroxylation is 1. The van der Waals surface area contributed by atoms with Crippen molar-refractivity contribution in [3.8, 4) is 5.75 Å². The number of likely N-dealkylation sites (N-methyl/N-ethyl adjacent to an activating group) is 1. The van der Waals surface area contributed by atoms with E-state index in [1.165, 1.54) is 5.56 Å². The number of halogens is 1. The number of para-hydroxylation sites is 1. The lowest BCUT2D eigenvalue weighted by molar-refractivity contribution is -0.143. The Bertz CT molecular complexity index is 1560. The lowest BCUT2D eigenvalue weighted by atomic mass is 9.85. The van der Waals surface area contributed by atoms with Crippen LogP contribution < -0.4 is 25.6 Å². The van der Waals surface area contributed by atoms with Gasteiger partial charge in [-0.2, -0.15) is 0 Å². The molecule has 2 aliphatic rings. The normalized spacial score (nSPS) is 17.6. The van der Waals surface area contributed by atoms with Crippen LogP contribution in [-0.4, -0.2) is 78.0 Å². The molecule has 3 heterocycles. The molecule has 2 aliphatic heterocycles. The summed E-state index contributed by atoms with van der Waals surface area (Å²) < 4.78 is 5.67. The smallest absolute Gasteiger partial charge is 0.247 e. The molecule has 11 nitrogen and oxygen atoms in total. The molecular formula is C33H44ClN7O4. The zero-order valence-electron chi connectivity index (χ0n) is 26.8. The number of nitrogens with one attached hydrogen (secondary N) is 3. The summed E-state index contributed by atoms with van der Waals surface area (Å²) >= 11 is 0. The van der Waals surface area contributed by atoms with Gasteiger partial charge in [-0.25, -0.2) is 9.97 Å². The third-order valence-electron chi connectivity index (χ3n) is 8.62. The Kier molecular flexibility index (Phi) is 10.5. The molecule has 3 aromatic rings. The standard InChI is InChI=1S/C33H43N7O4.ClH/c1-20(34-5)30(41)38-28(33(2,3)4)32(43)40-16-10-14-26(40)31(42)37-24-17-22-23(18-27(24)44-6)35-19-36-29(22)39-15-9-12-21-11-7-8-13-25(21)39;/h7-8,11,13,17-20,26,28,34H,9-10,12,14-16H2,1-6H3,(H,37,42)(H,38,41);1H/t20-,26?,28+;/m0./s1. The Labute approximate surface area is 270 Å². The molecular weight excluding hydrogens is 594 g/mol. The molecule has 0 bridgehead atoms. The van der Waals surface area contributed by atoms with Gasteiger partial charge in [0.05, 0.1) is 24.4 Å². The van der Waals surface area contributed by atoms with Crippen LogP contribution in [0.5, 0.6) is 5.75 Å². The van der Waals surface area contributed by atoms with E-state index in [2.05, 4.69) is 49.0 Å². The van der Waals surface area contributed by atoms with Crippen molar-refractivity contribution >= 4 is 58.2 Å². The van der Waals surface area contributed by atoms with Crippen LogP contribution in [0.1, 0.15) is 52.5 Å². The minimum Gasteiger partial charge on any atom is -0.494 e. The lowest BCUT2D eigenvalue weighted by Crippen LogP contribution is -2.59. The number of fused-ring (bicyclic) bond motifs is 2. The fourth-order valence-corrected chi connectivity index (χ4v) is 6.04. The summed E-state index contributed by atoms with van der Waals surface area (Å²) in [4.78, 5) is 53.4. The van der Waals surface area contributed by atoms with Crippen LogP contribution in [0.4, 0.5) is 17.2 Å². The van der Waals surface area contributed by atoms with Crippen LogP contribution in [0.2, 0.25) is 0 Å². The fourth-order valence-electron chi connectivity index (χ4n) is 6.04. The van der Waals surface area contributed by atoms with Crippen molar-refractivity contribution in [1.82, 2.24) is 25.5 Å². The summed E-state index contributed by atoms with van der Waals surface area (Å²) in [7, 11) is 3.24. The molecule has 242 valence electrons. The van der Waals surface area contributed by atoms with E-state index in [1.807, 2.05) is 32.9 Å². The highest BCUT2D eigenvalue weighted by atomic mass is 35.5. The fraction of sp³-hybridized carbons (Fsp3) is 0.485. The highest BCUT2D eigenvalue weighted by Crippen LogP contribution is 2.39. The number of amides is 3. The van der Waals surface area contributed by atoms with Crippen molar-refractivity contribution < 1.29 is 19.1 Å². The van der Waals surface area contributed by atoms with E-state index >= 15 is 0 Å². The first-order valence-corrected chi connectivity index (χ1v) is 15.3. The molecule has 2 aromatic carbocycles. The average molecular weight is 638 g/mol. The number of anilines is 3. The summed E-state index contributed by atoms with van der Waals surface area (Å²) in [5.74, 6) is 0.384. The number of carbonyl (C=O) groups is 3. The molecule has 0 aliphatic carbocycles. The number of aromatic nitrogens is 2. The molecule has 3 amide bonds. The summed E-state index contributed by atoms with van der Waals surface area (Å²) in [6.07, 6.45) is 4.76. The molecule has 12 heteroatoms. The molecule has 3 atom stereocenters. The molecule has 0 radical (unpaired) electrons. The summed E-state index contributed by atoms with van der Waals surface area (Å²) in [6, 6.07) is 10.1. The number of hydrogen-bond donors (Lipinski definition) is 3. The third kappa shape index (κ3) is 6.99. The van der Waals surface area contributed by atoms with E-state index < -0.39 is 23.5 Å². The van der Waals surface area contributed by atoms with Crippen LogP contribution >= 0.6 is 12.4 Å². The SMILES string of the molecule is CN[C@@H](C)C(=O)N[C@H](C(=O)N1CCCC1C(=O)Nc1cc2c(N3CCCc4ccccc43)ncnc2cc1OC)C(C)(C)C.Cl. The van der Waals surface area contributed by atoms with E-state index in [0.717, 1.165) is 36.3 Å². The number of nitrogens with zero attached hydrogens (tertiary/aromatic N) is 4. The minimum atomic E-state index is -0.790. The van der Waals surface area contributed by atoms with Gasteiger partial charge in [-0.3, -0.25) is 14.4 Å². The number of methoxy groups -OCH3 is 1. The highest BCUT2D eigenvalue weighted by molar-refractivity contribution is 6.03. The Morgan fingerprint density at radius 3 is 2.53 bits per heavy atom. The van der Waals surface area contributed by atoms with Gasteiger partial charge in [-0.05, 0) is 62.8 Å². The first-order valence-electron chi connectivity index (χ1n) is 15.3. The Hall–Kier alpha value is -3.96. The van der Waals surface area contributed by atoms with E-state index in [-0.39, 0.29) is 30.1 Å². The largest absolute Gasteiger partial charge is 0.494 e. The summed E-state index contributed by atoms with van der Waals surface area (Å²) in [5.41, 5.74) is 3.00. The van der Waals surface area contributed by atoms with Crippen molar-refractivity contribution in [2.45, 2.75) is 71.5 Å². The molecule has 45 heavy (non-hydrogen) atoms. The van der Waals surface area contributed by atoms with Crippen molar-refractivity contribution in [2.75, 3.05) is 37.5 Å². The molecule has 1 aromatic heterocycles. The zero-order valence-corrected chi connectivity index (χ0v) is 27.7. The van der Waals surface area contributed by atoms with E-state index in [1.54, 1.807) is 38.4 Å². The highest BCUT2D eigenvalue weighted by Gasteiger charge is 2.42. The van der Waals surface area contributed by atoms with Gasteiger partial charge < -0.3 is 30.5 Å². The Morgan fingerprint density at radius 1 is 1.07 bits per heavy atom. The predicted octanol–water partition coefficient (Wildman–Crippen LogP) is 4.21. The first-order chi connectivity index (χ1) is 21.0. The first kappa shape index (κ1) is 33.9. The number of carbonyl (C=O) groups excluding carboxylic acids is 3. The van der Waals surface area contributed by atoms with Gasteiger partial charge in [0, 0.05) is 30.2 Å². The van der Waals surface area contributed by atoms with Crippen LogP contribution in [0.25, 0.3) is 10.9 Å². The van der Waals surface area contributed by atoms with Crippen LogP contribution in [0, 0.1) is 5.41 Å². The topological polar surface area (TPSA) is 129 Å². The quantitative estimate of drug-likeness (QED) is 0.335. The van der Waals surface area contributed by atoms with E-state index in [0.29, 0.717) is 36.3 Å². The number of hydrogen-bond acceptors (Lipinski definition) is 8. The second kappa shape index (κ2) is 14.0. The van der Waals surface area contributed by atoms with Gasteiger partial charge in [0.15, 0.2) is 0 Å². The average Bonchev–Trinajstić information content (AvgIpc) is 3.52. The minimum absolute atomic E-state index is 0. The molecule has 3 N–H and O–H groups in total. The maximum absolute atomic E-state index is 13.9. The van der Waals surface area contributed by atoms with Gasteiger partial charge in [-0.15, -0.1) is 12.4 Å². The lowest BCUT2D eigenvalue weighted by Gasteiger charge is -2.36. The van der Waals surface area contributed by atoms with Crippen molar-refractivity contribution in [3.05, 3.63) is 48.3 Å². The molecule has 1 fully saturated rings. The predicted molar refractivity (Wildman–Crippen MR) is 178 cm³/mol. The Balaban J connectivity index is 0.00000461. The van der Waals surface area contributed by atoms with Crippen LogP contribution in [-0.2, 0) is 20.8 Å². The van der Waals surface area contributed by atoms with Crippen molar-refractivity contribution in [2.24, 2.45) is 5.41 Å². The maximum Gasteiger partial charge on any atom is 0.247 e. The number of ether oxygens (including phenoxy) is 1. The maximum atomic E-state index is 13.9. The van der Waals surface area contributed by atoms with Gasteiger partial charge in [0.1, 0.15) is 30.0 Å². The monoisotopic (exact) mass is 637 g/mol. The van der Waals surface area contributed by atoms with Crippen LogP contribution in [0.3, 0.4) is 0 Å². The van der Waals surface area contributed by atoms with Gasteiger partial charge in [-0.1, -0.05) is 39.0 Å². The second-order valence-corrected chi connectivity index (χ2v) is 12.6. The molecule has 1 unspecified atom stereocenters. The van der Waals surface area contributed by atoms with Crippen molar-refractivity contribution in [3.63, 3.8) is 0 Å². The van der Waals surface area contributed by atoms with Crippen LogP contribution in [0.15, 0.2) is 42.7 Å². The van der Waals surface area contributed by atoms with Gasteiger partial charge >= 0.3 is 0 Å². The summed E-state index contributed by atoms with van der Waals surface area (Å²) in [5, 5.41) is 9.66.